The zero-order valence-corrected chi connectivity index (χ0v) is 6.26. The SMILES string of the molecule is C=C(C(=O)O)C(C)COC. The summed E-state index contributed by atoms with van der Waals surface area (Å²) in [5.41, 5.74) is 0.196. The Bertz CT molecular complexity index is 140. The molecule has 0 saturated carbocycles. The molecule has 0 aromatic carbocycles. The van der Waals surface area contributed by atoms with E-state index in [4.69, 9.17) is 9.84 Å². The third kappa shape index (κ3) is 2.64. The van der Waals surface area contributed by atoms with Gasteiger partial charge in [0.25, 0.3) is 0 Å². The Morgan fingerprint density at radius 3 is 2.60 bits per heavy atom. The highest BCUT2D eigenvalue weighted by Gasteiger charge is 2.12. The number of carboxylic acid groups (broad SMARTS) is 1. The topological polar surface area (TPSA) is 46.5 Å². The molecule has 0 saturated heterocycles. The standard InChI is InChI=1S/C7H12O3/c1-5(4-10-3)6(2)7(8)9/h5H,2,4H2,1,3H3,(H,8,9). The zero-order chi connectivity index (χ0) is 8.15. The van der Waals surface area contributed by atoms with Gasteiger partial charge >= 0.3 is 5.97 Å². The van der Waals surface area contributed by atoms with E-state index in [0.717, 1.165) is 0 Å². The maximum atomic E-state index is 10.3. The molecule has 0 heterocycles. The van der Waals surface area contributed by atoms with Crippen LogP contribution in [0.3, 0.4) is 0 Å². The number of aliphatic carboxylic acids is 1. The van der Waals surface area contributed by atoms with Crippen LogP contribution in [-0.2, 0) is 9.53 Å². The van der Waals surface area contributed by atoms with Gasteiger partial charge in [-0.25, -0.2) is 4.79 Å². The summed E-state index contributed by atoms with van der Waals surface area (Å²) in [6.07, 6.45) is 0. The van der Waals surface area contributed by atoms with E-state index >= 15 is 0 Å². The Hall–Kier alpha value is -0.830. The lowest BCUT2D eigenvalue weighted by atomic mass is 10.0. The summed E-state index contributed by atoms with van der Waals surface area (Å²) in [5, 5.41) is 8.42. The Kier molecular flexibility index (Phi) is 3.72. The number of carbonyl (C=O) groups is 1. The van der Waals surface area contributed by atoms with Crippen molar-refractivity contribution in [1.82, 2.24) is 0 Å². The lowest BCUT2D eigenvalue weighted by molar-refractivity contribution is -0.133. The molecule has 1 unspecified atom stereocenters. The highest BCUT2D eigenvalue weighted by Crippen LogP contribution is 2.07. The Morgan fingerprint density at radius 2 is 2.30 bits per heavy atom. The van der Waals surface area contributed by atoms with Gasteiger partial charge in [-0.1, -0.05) is 13.5 Å². The largest absolute Gasteiger partial charge is 0.478 e. The summed E-state index contributed by atoms with van der Waals surface area (Å²) in [5.74, 6) is -1.06. The lowest BCUT2D eigenvalue weighted by Crippen LogP contribution is -2.13. The summed E-state index contributed by atoms with van der Waals surface area (Å²) in [6.45, 7) is 5.56. The normalized spacial score (nSPS) is 12.6. The van der Waals surface area contributed by atoms with Crippen molar-refractivity contribution in [2.75, 3.05) is 13.7 Å². The molecule has 0 aromatic rings. The molecule has 0 amide bonds. The van der Waals surface area contributed by atoms with Crippen LogP contribution in [0.4, 0.5) is 0 Å². The molecule has 3 heteroatoms. The van der Waals surface area contributed by atoms with Crippen molar-refractivity contribution in [3.63, 3.8) is 0 Å². The molecule has 0 aromatic heterocycles. The van der Waals surface area contributed by atoms with Gasteiger partial charge in [0.2, 0.25) is 0 Å². The predicted molar refractivity (Wildman–Crippen MR) is 37.8 cm³/mol. The molecule has 0 aliphatic carbocycles. The number of carboxylic acids is 1. The van der Waals surface area contributed by atoms with Crippen LogP contribution in [0.1, 0.15) is 6.92 Å². The molecule has 10 heavy (non-hydrogen) atoms. The summed E-state index contributed by atoms with van der Waals surface area (Å²) in [6, 6.07) is 0. The van der Waals surface area contributed by atoms with Gasteiger partial charge in [-0.15, -0.1) is 0 Å². The van der Waals surface area contributed by atoms with E-state index in [-0.39, 0.29) is 11.5 Å². The van der Waals surface area contributed by atoms with Crippen LogP contribution >= 0.6 is 0 Å². The van der Waals surface area contributed by atoms with Crippen molar-refractivity contribution in [2.24, 2.45) is 5.92 Å². The van der Waals surface area contributed by atoms with Crippen molar-refractivity contribution < 1.29 is 14.6 Å². The van der Waals surface area contributed by atoms with E-state index < -0.39 is 5.97 Å². The number of rotatable bonds is 4. The molecule has 0 radical (unpaired) electrons. The number of ether oxygens (including phenoxy) is 1. The van der Waals surface area contributed by atoms with E-state index in [9.17, 15) is 4.79 Å². The molecule has 1 atom stereocenters. The van der Waals surface area contributed by atoms with Gasteiger partial charge in [-0.3, -0.25) is 0 Å². The third-order valence-electron chi connectivity index (χ3n) is 1.29. The van der Waals surface area contributed by atoms with Crippen LogP contribution in [0.5, 0.6) is 0 Å². The van der Waals surface area contributed by atoms with Crippen LogP contribution in [0.15, 0.2) is 12.2 Å². The average molecular weight is 144 g/mol. The van der Waals surface area contributed by atoms with Crippen LogP contribution in [0, 0.1) is 5.92 Å². The molecule has 0 rings (SSSR count). The van der Waals surface area contributed by atoms with E-state index in [1.165, 1.54) is 7.11 Å². The van der Waals surface area contributed by atoms with Crippen molar-refractivity contribution in [3.8, 4) is 0 Å². The Labute approximate surface area is 60.3 Å². The van der Waals surface area contributed by atoms with Crippen molar-refractivity contribution in [3.05, 3.63) is 12.2 Å². The molecule has 58 valence electrons. The fourth-order valence-electron chi connectivity index (χ4n) is 0.561. The second-order valence-electron chi connectivity index (χ2n) is 2.19. The van der Waals surface area contributed by atoms with Crippen LogP contribution < -0.4 is 0 Å². The minimum Gasteiger partial charge on any atom is -0.478 e. The van der Waals surface area contributed by atoms with E-state index in [1.807, 2.05) is 0 Å². The monoisotopic (exact) mass is 144 g/mol. The summed E-state index contributed by atoms with van der Waals surface area (Å²) in [4.78, 5) is 10.3. The molecular formula is C7H12O3. The van der Waals surface area contributed by atoms with Crippen LogP contribution in [0.2, 0.25) is 0 Å². The molecule has 0 bridgehead atoms. The van der Waals surface area contributed by atoms with Crippen LogP contribution in [-0.4, -0.2) is 24.8 Å². The van der Waals surface area contributed by atoms with Gasteiger partial charge in [-0.05, 0) is 0 Å². The molecule has 0 fully saturated rings. The lowest BCUT2D eigenvalue weighted by Gasteiger charge is -2.08. The average Bonchev–Trinajstić information content (AvgIpc) is 1.87. The second kappa shape index (κ2) is 4.06. The molecule has 0 aliphatic rings. The first kappa shape index (κ1) is 9.17. The van der Waals surface area contributed by atoms with E-state index in [0.29, 0.717) is 6.61 Å². The molecular weight excluding hydrogens is 132 g/mol. The Balaban J connectivity index is 3.82. The van der Waals surface area contributed by atoms with Crippen molar-refractivity contribution >= 4 is 5.97 Å². The fraction of sp³-hybridized carbons (Fsp3) is 0.571. The quantitative estimate of drug-likeness (QED) is 0.596. The van der Waals surface area contributed by atoms with Gasteiger partial charge < -0.3 is 9.84 Å². The summed E-state index contributed by atoms with van der Waals surface area (Å²) in [7, 11) is 1.53. The molecule has 3 nitrogen and oxygen atoms in total. The maximum absolute atomic E-state index is 10.3. The predicted octanol–water partition coefficient (Wildman–Crippen LogP) is 0.910. The molecule has 1 N–H and O–H groups in total. The summed E-state index contributed by atoms with van der Waals surface area (Å²) >= 11 is 0. The van der Waals surface area contributed by atoms with Gasteiger partial charge in [0, 0.05) is 18.6 Å². The van der Waals surface area contributed by atoms with E-state index in [2.05, 4.69) is 6.58 Å². The zero-order valence-electron chi connectivity index (χ0n) is 6.26. The fourth-order valence-corrected chi connectivity index (χ4v) is 0.561. The van der Waals surface area contributed by atoms with Crippen molar-refractivity contribution in [2.45, 2.75) is 6.92 Å². The van der Waals surface area contributed by atoms with Gasteiger partial charge in [0.15, 0.2) is 0 Å². The minimum atomic E-state index is -0.954. The number of hydrogen-bond donors (Lipinski definition) is 1. The second-order valence-corrected chi connectivity index (χ2v) is 2.19. The van der Waals surface area contributed by atoms with Gasteiger partial charge in [0.1, 0.15) is 0 Å². The smallest absolute Gasteiger partial charge is 0.331 e. The third-order valence-corrected chi connectivity index (χ3v) is 1.29. The van der Waals surface area contributed by atoms with Crippen molar-refractivity contribution in [1.29, 1.82) is 0 Å². The van der Waals surface area contributed by atoms with E-state index in [1.54, 1.807) is 6.92 Å². The maximum Gasteiger partial charge on any atom is 0.331 e. The summed E-state index contributed by atoms with van der Waals surface area (Å²) < 4.78 is 4.75. The number of hydrogen-bond acceptors (Lipinski definition) is 2. The van der Waals surface area contributed by atoms with Gasteiger partial charge in [0.05, 0.1) is 6.61 Å². The highest BCUT2D eigenvalue weighted by molar-refractivity contribution is 5.86. The minimum absolute atomic E-state index is 0.109. The Morgan fingerprint density at radius 1 is 1.80 bits per heavy atom. The first-order valence-electron chi connectivity index (χ1n) is 3.00. The first-order valence-corrected chi connectivity index (χ1v) is 3.00. The molecule has 0 spiro atoms. The van der Waals surface area contributed by atoms with Crippen LogP contribution in [0.25, 0.3) is 0 Å². The first-order chi connectivity index (χ1) is 4.59. The molecule has 0 aliphatic heterocycles. The number of methoxy groups -OCH3 is 1. The highest BCUT2D eigenvalue weighted by atomic mass is 16.5. The van der Waals surface area contributed by atoms with Gasteiger partial charge in [-0.2, -0.15) is 0 Å².